The zero-order valence-corrected chi connectivity index (χ0v) is 15.0. The van der Waals surface area contributed by atoms with Crippen molar-refractivity contribution in [1.29, 1.82) is 0 Å². The number of rotatable bonds is 3. The fourth-order valence-electron chi connectivity index (χ4n) is 4.21. The number of carbonyl (C=O) groups excluding carboxylic acids is 1. The highest BCUT2D eigenvalue weighted by Gasteiger charge is 2.43. The second-order valence-electron chi connectivity index (χ2n) is 7.29. The highest BCUT2D eigenvalue weighted by atomic mass is 32.1. The molecule has 4 nitrogen and oxygen atoms in total. The van der Waals surface area contributed by atoms with Gasteiger partial charge in [-0.1, -0.05) is 12.1 Å². The van der Waals surface area contributed by atoms with Crippen LogP contribution in [0.3, 0.4) is 0 Å². The molecule has 1 atom stereocenters. The SMILES string of the molecule is O=C(c1cscn1)N1CC[C@@]2(CCCN(Cc3ccc(F)cc3)C2)C1. The molecule has 0 N–H and O–H groups in total. The van der Waals surface area contributed by atoms with Crippen molar-refractivity contribution < 1.29 is 9.18 Å². The Morgan fingerprint density at radius 1 is 1.20 bits per heavy atom. The van der Waals surface area contributed by atoms with Crippen molar-refractivity contribution in [2.24, 2.45) is 5.41 Å². The van der Waals surface area contributed by atoms with Gasteiger partial charge in [-0.2, -0.15) is 0 Å². The molecule has 6 heteroatoms. The van der Waals surface area contributed by atoms with Gasteiger partial charge in [0.25, 0.3) is 5.91 Å². The van der Waals surface area contributed by atoms with Crippen LogP contribution in [0.4, 0.5) is 4.39 Å². The average Bonchev–Trinajstić information content (AvgIpc) is 3.27. The second-order valence-corrected chi connectivity index (χ2v) is 8.01. The molecule has 2 saturated heterocycles. The van der Waals surface area contributed by atoms with Crippen molar-refractivity contribution in [3.63, 3.8) is 0 Å². The van der Waals surface area contributed by atoms with Crippen molar-refractivity contribution >= 4 is 17.2 Å². The average molecular weight is 359 g/mol. The van der Waals surface area contributed by atoms with Crippen LogP contribution in [0.5, 0.6) is 0 Å². The molecule has 0 aliphatic carbocycles. The van der Waals surface area contributed by atoms with Crippen molar-refractivity contribution in [2.45, 2.75) is 25.8 Å². The van der Waals surface area contributed by atoms with Gasteiger partial charge in [0.2, 0.25) is 0 Å². The Kier molecular flexibility index (Phi) is 4.56. The number of thiazole rings is 1. The molecule has 4 rings (SSSR count). The first-order valence-corrected chi connectivity index (χ1v) is 9.72. The van der Waals surface area contributed by atoms with Crippen LogP contribution in [0, 0.1) is 11.2 Å². The van der Waals surface area contributed by atoms with Gasteiger partial charge in [0.05, 0.1) is 5.51 Å². The van der Waals surface area contributed by atoms with Gasteiger partial charge < -0.3 is 4.90 Å². The minimum Gasteiger partial charge on any atom is -0.337 e. The fraction of sp³-hybridized carbons (Fsp3) is 0.474. The van der Waals surface area contributed by atoms with Gasteiger partial charge in [0.15, 0.2) is 0 Å². The van der Waals surface area contributed by atoms with E-state index in [1.165, 1.54) is 29.9 Å². The van der Waals surface area contributed by atoms with Crippen molar-refractivity contribution in [2.75, 3.05) is 26.2 Å². The monoisotopic (exact) mass is 359 g/mol. The van der Waals surface area contributed by atoms with E-state index in [1.54, 1.807) is 5.51 Å². The number of amides is 1. The zero-order chi connectivity index (χ0) is 17.3. The molecule has 2 aliphatic rings. The normalized spacial score (nSPS) is 24.1. The van der Waals surface area contributed by atoms with E-state index >= 15 is 0 Å². The number of hydrogen-bond acceptors (Lipinski definition) is 4. The first-order valence-electron chi connectivity index (χ1n) is 8.78. The lowest BCUT2D eigenvalue weighted by Crippen LogP contribution is -2.45. The third kappa shape index (κ3) is 3.60. The minimum atomic E-state index is -0.189. The van der Waals surface area contributed by atoms with E-state index in [4.69, 9.17) is 0 Å². The molecule has 0 bridgehead atoms. The molecule has 1 aromatic carbocycles. The van der Waals surface area contributed by atoms with Crippen molar-refractivity contribution in [1.82, 2.24) is 14.8 Å². The molecule has 2 aromatic rings. The topological polar surface area (TPSA) is 36.4 Å². The van der Waals surface area contributed by atoms with Gasteiger partial charge in [0.1, 0.15) is 11.5 Å². The van der Waals surface area contributed by atoms with E-state index in [9.17, 15) is 9.18 Å². The molecule has 3 heterocycles. The van der Waals surface area contributed by atoms with Gasteiger partial charge in [-0.05, 0) is 43.5 Å². The predicted molar refractivity (Wildman–Crippen MR) is 96.0 cm³/mol. The van der Waals surface area contributed by atoms with Crippen LogP contribution in [0.15, 0.2) is 35.2 Å². The molecule has 2 fully saturated rings. The first-order chi connectivity index (χ1) is 12.1. The maximum absolute atomic E-state index is 13.1. The second kappa shape index (κ2) is 6.84. The van der Waals surface area contributed by atoms with E-state index in [2.05, 4.69) is 9.88 Å². The number of halogens is 1. The van der Waals surface area contributed by atoms with Crippen LogP contribution in [0.25, 0.3) is 0 Å². The Hall–Kier alpha value is -1.79. The molecule has 1 spiro atoms. The Bertz CT molecular complexity index is 734. The first kappa shape index (κ1) is 16.7. The van der Waals surface area contributed by atoms with Crippen LogP contribution in [-0.4, -0.2) is 46.9 Å². The Labute approximate surface area is 151 Å². The summed E-state index contributed by atoms with van der Waals surface area (Å²) in [6, 6.07) is 6.78. The van der Waals surface area contributed by atoms with Crippen LogP contribution >= 0.6 is 11.3 Å². The summed E-state index contributed by atoms with van der Waals surface area (Å²) in [5.74, 6) is -0.125. The molecule has 132 valence electrons. The Morgan fingerprint density at radius 3 is 2.80 bits per heavy atom. The molecule has 0 unspecified atom stereocenters. The molecule has 1 amide bonds. The summed E-state index contributed by atoms with van der Waals surface area (Å²) >= 11 is 1.46. The quantitative estimate of drug-likeness (QED) is 0.843. The summed E-state index contributed by atoms with van der Waals surface area (Å²) in [5.41, 5.74) is 3.63. The molecule has 0 saturated carbocycles. The summed E-state index contributed by atoms with van der Waals surface area (Å²) in [4.78, 5) is 21.1. The van der Waals surface area contributed by atoms with Gasteiger partial charge in [-0.15, -0.1) is 11.3 Å². The molecule has 25 heavy (non-hydrogen) atoms. The predicted octanol–water partition coefficient (Wildman–Crippen LogP) is 3.41. The largest absolute Gasteiger partial charge is 0.337 e. The Morgan fingerprint density at radius 2 is 2.04 bits per heavy atom. The summed E-state index contributed by atoms with van der Waals surface area (Å²) < 4.78 is 13.1. The number of aromatic nitrogens is 1. The number of piperidine rings is 1. The van der Waals surface area contributed by atoms with Crippen molar-refractivity contribution in [3.05, 3.63) is 52.2 Å². The maximum Gasteiger partial charge on any atom is 0.273 e. The lowest BCUT2D eigenvalue weighted by atomic mass is 9.79. The Balaban J connectivity index is 1.40. The van der Waals surface area contributed by atoms with Gasteiger partial charge in [-0.25, -0.2) is 9.37 Å². The van der Waals surface area contributed by atoms with Gasteiger partial charge >= 0.3 is 0 Å². The van der Waals surface area contributed by atoms with Crippen molar-refractivity contribution in [3.8, 4) is 0 Å². The van der Waals surface area contributed by atoms with E-state index in [0.717, 1.165) is 51.1 Å². The van der Waals surface area contributed by atoms with Crippen LogP contribution in [0.2, 0.25) is 0 Å². The molecular formula is C19H22FN3OS. The smallest absolute Gasteiger partial charge is 0.273 e. The lowest BCUT2D eigenvalue weighted by molar-refractivity contribution is 0.0671. The summed E-state index contributed by atoms with van der Waals surface area (Å²) in [7, 11) is 0. The number of hydrogen-bond donors (Lipinski definition) is 0. The molecule has 2 aliphatic heterocycles. The van der Waals surface area contributed by atoms with Crippen LogP contribution in [-0.2, 0) is 6.54 Å². The summed E-state index contributed by atoms with van der Waals surface area (Å²) in [5, 5.41) is 1.83. The molecule has 1 aromatic heterocycles. The van der Waals surface area contributed by atoms with E-state index < -0.39 is 0 Å². The van der Waals surface area contributed by atoms with Crippen LogP contribution in [0.1, 0.15) is 35.3 Å². The number of carbonyl (C=O) groups is 1. The molecular weight excluding hydrogens is 337 g/mol. The highest BCUT2D eigenvalue weighted by Crippen LogP contribution is 2.39. The van der Waals surface area contributed by atoms with Gasteiger partial charge in [0, 0.05) is 37.0 Å². The number of likely N-dealkylation sites (tertiary alicyclic amines) is 2. The fourth-order valence-corrected chi connectivity index (χ4v) is 4.74. The zero-order valence-electron chi connectivity index (χ0n) is 14.2. The van der Waals surface area contributed by atoms with Crippen LogP contribution < -0.4 is 0 Å². The minimum absolute atomic E-state index is 0.0637. The summed E-state index contributed by atoms with van der Waals surface area (Å²) in [6.45, 7) is 4.57. The lowest BCUT2D eigenvalue weighted by Gasteiger charge is -2.40. The highest BCUT2D eigenvalue weighted by molar-refractivity contribution is 7.07. The third-order valence-electron chi connectivity index (χ3n) is 5.44. The molecule has 0 radical (unpaired) electrons. The maximum atomic E-state index is 13.1. The van der Waals surface area contributed by atoms with E-state index in [1.807, 2.05) is 22.4 Å². The van der Waals surface area contributed by atoms with E-state index in [-0.39, 0.29) is 17.1 Å². The third-order valence-corrected chi connectivity index (χ3v) is 6.02. The number of nitrogens with zero attached hydrogens (tertiary/aromatic N) is 3. The summed E-state index contributed by atoms with van der Waals surface area (Å²) in [6.07, 6.45) is 3.39. The number of benzene rings is 1. The van der Waals surface area contributed by atoms with E-state index in [0.29, 0.717) is 5.69 Å². The standard InChI is InChI=1S/C19H22FN3OS/c20-16-4-2-15(3-5-16)10-22-8-1-6-19(12-22)7-9-23(13-19)18(24)17-11-25-14-21-17/h2-5,11,14H,1,6-10,12-13H2/t19-/m1/s1. The van der Waals surface area contributed by atoms with Gasteiger partial charge in [-0.3, -0.25) is 9.69 Å².